The number of halogens is 2. The first kappa shape index (κ1) is 13.7. The molecule has 2 aromatic rings. The molecule has 4 heteroatoms. The van der Waals surface area contributed by atoms with Crippen LogP contribution in [0.3, 0.4) is 0 Å². The number of carbonyl (C=O) groups is 1. The predicted molar refractivity (Wildman–Crippen MR) is 75.5 cm³/mol. The third kappa shape index (κ3) is 3.10. The third-order valence-electron chi connectivity index (χ3n) is 3.81. The van der Waals surface area contributed by atoms with Gasteiger partial charge in [0, 0.05) is 12.5 Å². The van der Waals surface area contributed by atoms with Crippen LogP contribution >= 0.6 is 0 Å². The van der Waals surface area contributed by atoms with Gasteiger partial charge in [0.1, 0.15) is 11.6 Å². The van der Waals surface area contributed by atoms with Gasteiger partial charge in [-0.15, -0.1) is 0 Å². The zero-order valence-corrected chi connectivity index (χ0v) is 11.4. The molecule has 0 bridgehead atoms. The van der Waals surface area contributed by atoms with Crippen molar-refractivity contribution in [3.63, 3.8) is 0 Å². The smallest absolute Gasteiger partial charge is 0.224 e. The van der Waals surface area contributed by atoms with Crippen molar-refractivity contribution >= 4 is 5.91 Å². The van der Waals surface area contributed by atoms with Gasteiger partial charge in [-0.1, -0.05) is 30.3 Å². The van der Waals surface area contributed by atoms with Gasteiger partial charge < -0.3 is 5.32 Å². The molecule has 108 valence electrons. The molecular formula is C17H15F2NO. The molecule has 0 aromatic heterocycles. The van der Waals surface area contributed by atoms with Crippen molar-refractivity contribution in [3.05, 3.63) is 71.3 Å². The lowest BCUT2D eigenvalue weighted by Gasteiger charge is -2.06. The number of benzene rings is 2. The molecule has 2 atom stereocenters. The number of hydrogen-bond acceptors (Lipinski definition) is 1. The van der Waals surface area contributed by atoms with Gasteiger partial charge in [-0.3, -0.25) is 4.79 Å². The summed E-state index contributed by atoms with van der Waals surface area (Å²) in [6, 6.07) is 12.6. The van der Waals surface area contributed by atoms with E-state index in [0.29, 0.717) is 18.5 Å². The molecule has 0 radical (unpaired) electrons. The topological polar surface area (TPSA) is 29.1 Å². The van der Waals surface area contributed by atoms with E-state index < -0.39 is 0 Å². The second-order valence-corrected chi connectivity index (χ2v) is 5.31. The first-order chi connectivity index (χ1) is 10.1. The molecule has 2 nitrogen and oxygen atoms in total. The van der Waals surface area contributed by atoms with Gasteiger partial charge in [-0.2, -0.15) is 0 Å². The van der Waals surface area contributed by atoms with Crippen LogP contribution in [0.5, 0.6) is 0 Å². The predicted octanol–water partition coefficient (Wildman–Crippen LogP) is 3.38. The molecule has 1 fully saturated rings. The summed E-state index contributed by atoms with van der Waals surface area (Å²) in [5, 5.41) is 2.82. The van der Waals surface area contributed by atoms with Crippen LogP contribution in [0.4, 0.5) is 8.78 Å². The van der Waals surface area contributed by atoms with Gasteiger partial charge in [-0.25, -0.2) is 8.78 Å². The zero-order chi connectivity index (χ0) is 14.8. The fraction of sp³-hybridized carbons (Fsp3) is 0.235. The third-order valence-corrected chi connectivity index (χ3v) is 3.81. The van der Waals surface area contributed by atoms with E-state index in [1.807, 2.05) is 0 Å². The normalized spacial score (nSPS) is 20.1. The van der Waals surface area contributed by atoms with Crippen LogP contribution < -0.4 is 5.32 Å². The SMILES string of the molecule is O=C(NCc1ccc(F)cc1)C1CC1c1ccccc1F. The molecule has 0 heterocycles. The van der Waals surface area contributed by atoms with Crippen molar-refractivity contribution in [1.29, 1.82) is 0 Å². The lowest BCUT2D eigenvalue weighted by atomic mass is 10.1. The molecule has 3 rings (SSSR count). The van der Waals surface area contributed by atoms with E-state index in [-0.39, 0.29) is 29.4 Å². The van der Waals surface area contributed by atoms with E-state index in [4.69, 9.17) is 0 Å². The molecule has 1 aliphatic rings. The van der Waals surface area contributed by atoms with E-state index in [1.54, 1.807) is 30.3 Å². The van der Waals surface area contributed by atoms with Crippen molar-refractivity contribution < 1.29 is 13.6 Å². The van der Waals surface area contributed by atoms with Crippen LogP contribution in [-0.2, 0) is 11.3 Å². The molecule has 1 N–H and O–H groups in total. The lowest BCUT2D eigenvalue weighted by molar-refractivity contribution is -0.122. The van der Waals surface area contributed by atoms with Gasteiger partial charge >= 0.3 is 0 Å². The summed E-state index contributed by atoms with van der Waals surface area (Å²) in [7, 11) is 0. The van der Waals surface area contributed by atoms with Crippen LogP contribution in [0, 0.1) is 17.6 Å². The highest BCUT2D eigenvalue weighted by Gasteiger charge is 2.44. The Morgan fingerprint density at radius 2 is 1.81 bits per heavy atom. The highest BCUT2D eigenvalue weighted by molar-refractivity contribution is 5.82. The Labute approximate surface area is 121 Å². The summed E-state index contributed by atoms with van der Waals surface area (Å²) in [6.07, 6.45) is 0.677. The molecule has 0 aliphatic heterocycles. The molecule has 1 amide bonds. The fourth-order valence-corrected chi connectivity index (χ4v) is 2.53. The molecule has 21 heavy (non-hydrogen) atoms. The lowest BCUT2D eigenvalue weighted by Crippen LogP contribution is -2.24. The van der Waals surface area contributed by atoms with Crippen LogP contribution in [0.15, 0.2) is 48.5 Å². The highest BCUT2D eigenvalue weighted by Crippen LogP contribution is 2.48. The highest BCUT2D eigenvalue weighted by atomic mass is 19.1. The Balaban J connectivity index is 1.56. The Morgan fingerprint density at radius 1 is 1.10 bits per heavy atom. The molecule has 0 saturated heterocycles. The van der Waals surface area contributed by atoms with E-state index in [2.05, 4.69) is 5.32 Å². The van der Waals surface area contributed by atoms with E-state index in [1.165, 1.54) is 18.2 Å². The van der Waals surface area contributed by atoms with Crippen molar-refractivity contribution in [1.82, 2.24) is 5.32 Å². The first-order valence-electron chi connectivity index (χ1n) is 6.92. The van der Waals surface area contributed by atoms with Crippen molar-refractivity contribution in [3.8, 4) is 0 Å². The molecule has 1 saturated carbocycles. The zero-order valence-electron chi connectivity index (χ0n) is 11.4. The first-order valence-corrected chi connectivity index (χ1v) is 6.92. The number of nitrogens with one attached hydrogen (secondary N) is 1. The average molecular weight is 287 g/mol. The standard InChI is InChI=1S/C17H15F2NO/c18-12-7-5-11(6-8-12)10-20-17(21)15-9-14(15)13-3-1-2-4-16(13)19/h1-8,14-15H,9-10H2,(H,20,21). The molecule has 1 aliphatic carbocycles. The van der Waals surface area contributed by atoms with Crippen molar-refractivity contribution in [2.24, 2.45) is 5.92 Å². The largest absolute Gasteiger partial charge is 0.352 e. The number of rotatable bonds is 4. The van der Waals surface area contributed by atoms with Crippen LogP contribution in [0.1, 0.15) is 23.5 Å². The Morgan fingerprint density at radius 3 is 2.52 bits per heavy atom. The van der Waals surface area contributed by atoms with E-state index in [0.717, 1.165) is 5.56 Å². The summed E-state index contributed by atoms with van der Waals surface area (Å²) in [6.45, 7) is 0.361. The molecular weight excluding hydrogens is 272 g/mol. The maximum atomic E-state index is 13.6. The Hall–Kier alpha value is -2.23. The van der Waals surface area contributed by atoms with Gasteiger partial charge in [0.15, 0.2) is 0 Å². The minimum absolute atomic E-state index is 0.0283. The van der Waals surface area contributed by atoms with Crippen molar-refractivity contribution in [2.45, 2.75) is 18.9 Å². The second-order valence-electron chi connectivity index (χ2n) is 5.31. The van der Waals surface area contributed by atoms with Gasteiger partial charge in [-0.05, 0) is 41.7 Å². The maximum absolute atomic E-state index is 13.6. The molecule has 2 unspecified atom stereocenters. The van der Waals surface area contributed by atoms with Gasteiger partial charge in [0.25, 0.3) is 0 Å². The second kappa shape index (κ2) is 5.64. The number of hydrogen-bond donors (Lipinski definition) is 1. The van der Waals surface area contributed by atoms with Crippen LogP contribution in [0.25, 0.3) is 0 Å². The summed E-state index contributed by atoms with van der Waals surface area (Å²) in [4.78, 5) is 12.0. The summed E-state index contributed by atoms with van der Waals surface area (Å²) in [5.74, 6) is -0.822. The van der Waals surface area contributed by atoms with Crippen LogP contribution in [-0.4, -0.2) is 5.91 Å². The quantitative estimate of drug-likeness (QED) is 0.917. The summed E-state index contributed by atoms with van der Waals surface area (Å²) in [5.41, 5.74) is 1.45. The average Bonchev–Trinajstić information content (AvgIpc) is 3.27. The maximum Gasteiger partial charge on any atom is 0.224 e. The minimum atomic E-state index is -0.299. The summed E-state index contributed by atoms with van der Waals surface area (Å²) < 4.78 is 26.4. The Kier molecular flexibility index (Phi) is 3.69. The molecule has 0 spiro atoms. The van der Waals surface area contributed by atoms with Crippen LogP contribution in [0.2, 0.25) is 0 Å². The fourth-order valence-electron chi connectivity index (χ4n) is 2.53. The van der Waals surface area contributed by atoms with E-state index in [9.17, 15) is 13.6 Å². The van der Waals surface area contributed by atoms with Gasteiger partial charge in [0.05, 0.1) is 0 Å². The molecule has 2 aromatic carbocycles. The monoisotopic (exact) mass is 287 g/mol. The number of amides is 1. The number of carbonyl (C=O) groups excluding carboxylic acids is 1. The van der Waals surface area contributed by atoms with Crippen molar-refractivity contribution in [2.75, 3.05) is 0 Å². The Bertz CT molecular complexity index is 654. The van der Waals surface area contributed by atoms with Gasteiger partial charge in [0.2, 0.25) is 5.91 Å². The summed E-state index contributed by atoms with van der Waals surface area (Å²) >= 11 is 0. The minimum Gasteiger partial charge on any atom is -0.352 e. The van der Waals surface area contributed by atoms with E-state index >= 15 is 0 Å².